The van der Waals surface area contributed by atoms with Crippen molar-refractivity contribution in [2.45, 2.75) is 72.4 Å². The van der Waals surface area contributed by atoms with Gasteiger partial charge in [0.05, 0.1) is 0 Å². The Morgan fingerprint density at radius 3 is 2.11 bits per heavy atom. The van der Waals surface area contributed by atoms with E-state index in [1.807, 2.05) is 13.8 Å². The van der Waals surface area contributed by atoms with Crippen molar-refractivity contribution in [3.63, 3.8) is 0 Å². The molecule has 0 aliphatic carbocycles. The third-order valence-electron chi connectivity index (χ3n) is 4.49. The van der Waals surface area contributed by atoms with Gasteiger partial charge in [-0.05, 0) is 65.1 Å². The highest BCUT2D eigenvalue weighted by Crippen LogP contribution is 2.23. The van der Waals surface area contributed by atoms with Gasteiger partial charge in [-0.1, -0.05) is 20.8 Å². The third kappa shape index (κ3) is 4.55. The quantitative estimate of drug-likeness (QED) is 0.742. The molecule has 2 rings (SSSR count). The van der Waals surface area contributed by atoms with Crippen LogP contribution in [0.15, 0.2) is 0 Å². The summed E-state index contributed by atoms with van der Waals surface area (Å²) in [5.41, 5.74) is 0. The average Bonchev–Trinajstić information content (AvgIpc) is 2.42. The number of piperidine rings is 2. The van der Waals surface area contributed by atoms with E-state index in [4.69, 9.17) is 0 Å². The lowest BCUT2D eigenvalue weighted by atomic mass is 9.95. The molecule has 0 aromatic rings. The molecule has 108 valence electrons. The largest absolute Gasteiger partial charge is 0.299 e. The Labute approximate surface area is 115 Å². The summed E-state index contributed by atoms with van der Waals surface area (Å²) in [5, 5.41) is 0. The second kappa shape index (κ2) is 8.16. The molecule has 2 heterocycles. The molecule has 2 aliphatic heterocycles. The molecule has 0 bridgehead atoms. The molecule has 0 amide bonds. The summed E-state index contributed by atoms with van der Waals surface area (Å²) in [5.74, 6) is 0.959. The Kier molecular flexibility index (Phi) is 7.25. The van der Waals surface area contributed by atoms with Crippen molar-refractivity contribution in [1.29, 1.82) is 0 Å². The molecule has 1 atom stereocenters. The van der Waals surface area contributed by atoms with Crippen LogP contribution in [0.5, 0.6) is 0 Å². The summed E-state index contributed by atoms with van der Waals surface area (Å²) < 4.78 is 0. The molecule has 2 aliphatic rings. The lowest BCUT2D eigenvalue weighted by molar-refractivity contribution is 0.0587. The average molecular weight is 254 g/mol. The zero-order chi connectivity index (χ0) is 13.5. The fourth-order valence-electron chi connectivity index (χ4n) is 3.14. The lowest BCUT2D eigenvalue weighted by Crippen LogP contribution is -2.51. The summed E-state index contributed by atoms with van der Waals surface area (Å²) in [6.07, 6.45) is 5.66. The summed E-state index contributed by atoms with van der Waals surface area (Å²) in [6.45, 7) is 16.4. The molecule has 2 heteroatoms. The lowest BCUT2D eigenvalue weighted by Gasteiger charge is -2.43. The van der Waals surface area contributed by atoms with E-state index >= 15 is 0 Å². The van der Waals surface area contributed by atoms with Crippen LogP contribution in [-0.4, -0.2) is 48.1 Å². The smallest absolute Gasteiger partial charge is 0.0223 e. The SMILES string of the molecule is CC.CC1CCN(C2CCCN(C(C)C)C2)CC1. The van der Waals surface area contributed by atoms with Crippen LogP contribution in [0.4, 0.5) is 0 Å². The van der Waals surface area contributed by atoms with Crippen molar-refractivity contribution in [1.82, 2.24) is 9.80 Å². The second-order valence-electron chi connectivity index (χ2n) is 6.10. The van der Waals surface area contributed by atoms with Crippen molar-refractivity contribution in [3.8, 4) is 0 Å². The maximum absolute atomic E-state index is 2.76. The monoisotopic (exact) mass is 254 g/mol. The Hall–Kier alpha value is -0.0800. The Balaban J connectivity index is 0.000000771. The second-order valence-corrected chi connectivity index (χ2v) is 6.10. The summed E-state index contributed by atoms with van der Waals surface area (Å²) >= 11 is 0. The predicted octanol–water partition coefficient (Wildman–Crippen LogP) is 3.62. The molecule has 2 fully saturated rings. The predicted molar refractivity (Wildman–Crippen MR) is 81.1 cm³/mol. The molecule has 0 saturated carbocycles. The van der Waals surface area contributed by atoms with Crippen LogP contribution in [0.1, 0.15) is 60.3 Å². The molecule has 0 spiro atoms. The van der Waals surface area contributed by atoms with Gasteiger partial charge >= 0.3 is 0 Å². The number of hydrogen-bond donors (Lipinski definition) is 0. The first-order valence-corrected chi connectivity index (χ1v) is 8.15. The van der Waals surface area contributed by atoms with Gasteiger partial charge in [0.2, 0.25) is 0 Å². The van der Waals surface area contributed by atoms with Crippen LogP contribution in [0.2, 0.25) is 0 Å². The zero-order valence-corrected chi connectivity index (χ0v) is 13.3. The molecular formula is C16H34N2. The van der Waals surface area contributed by atoms with Crippen LogP contribution < -0.4 is 0 Å². The van der Waals surface area contributed by atoms with Gasteiger partial charge in [-0.3, -0.25) is 9.80 Å². The highest BCUT2D eigenvalue weighted by atomic mass is 15.2. The molecule has 18 heavy (non-hydrogen) atoms. The van der Waals surface area contributed by atoms with Gasteiger partial charge < -0.3 is 0 Å². The van der Waals surface area contributed by atoms with Crippen LogP contribution in [-0.2, 0) is 0 Å². The highest BCUT2D eigenvalue weighted by Gasteiger charge is 2.28. The molecule has 2 nitrogen and oxygen atoms in total. The maximum atomic E-state index is 2.76. The van der Waals surface area contributed by atoms with Crippen LogP contribution >= 0.6 is 0 Å². The highest BCUT2D eigenvalue weighted by molar-refractivity contribution is 4.84. The minimum atomic E-state index is 0.728. The number of rotatable bonds is 2. The molecule has 0 radical (unpaired) electrons. The molecule has 0 N–H and O–H groups in total. The third-order valence-corrected chi connectivity index (χ3v) is 4.49. The van der Waals surface area contributed by atoms with Gasteiger partial charge in [0.25, 0.3) is 0 Å². The van der Waals surface area contributed by atoms with Gasteiger partial charge in [0.1, 0.15) is 0 Å². The molecule has 2 saturated heterocycles. The summed E-state index contributed by atoms with van der Waals surface area (Å²) in [4.78, 5) is 5.42. The Bertz CT molecular complexity index is 207. The van der Waals surface area contributed by atoms with Gasteiger partial charge in [0, 0.05) is 18.6 Å². The normalized spacial score (nSPS) is 28.0. The van der Waals surface area contributed by atoms with Crippen molar-refractivity contribution in [2.75, 3.05) is 26.2 Å². The minimum absolute atomic E-state index is 0.728. The molecule has 0 aromatic heterocycles. The van der Waals surface area contributed by atoms with Crippen molar-refractivity contribution in [3.05, 3.63) is 0 Å². The van der Waals surface area contributed by atoms with Gasteiger partial charge in [-0.25, -0.2) is 0 Å². The van der Waals surface area contributed by atoms with E-state index in [2.05, 4.69) is 30.6 Å². The van der Waals surface area contributed by atoms with Crippen molar-refractivity contribution in [2.24, 2.45) is 5.92 Å². The first-order valence-electron chi connectivity index (χ1n) is 8.15. The molecule has 1 unspecified atom stereocenters. The van der Waals surface area contributed by atoms with Gasteiger partial charge in [0.15, 0.2) is 0 Å². The standard InChI is InChI=1S/C14H28N2.C2H6/c1-12(2)16-8-4-5-14(11-16)15-9-6-13(3)7-10-15;1-2/h12-14H,4-11H2,1-3H3;1-2H3. The van der Waals surface area contributed by atoms with E-state index < -0.39 is 0 Å². The van der Waals surface area contributed by atoms with E-state index in [0.717, 1.165) is 18.0 Å². The van der Waals surface area contributed by atoms with E-state index in [9.17, 15) is 0 Å². The molecule has 0 aromatic carbocycles. The van der Waals surface area contributed by atoms with E-state index in [0.29, 0.717) is 0 Å². The van der Waals surface area contributed by atoms with Gasteiger partial charge in [-0.2, -0.15) is 0 Å². The Morgan fingerprint density at radius 1 is 0.944 bits per heavy atom. The zero-order valence-electron chi connectivity index (χ0n) is 13.3. The van der Waals surface area contributed by atoms with Crippen molar-refractivity contribution >= 4 is 0 Å². The van der Waals surface area contributed by atoms with Crippen LogP contribution in [0.3, 0.4) is 0 Å². The summed E-state index contributed by atoms with van der Waals surface area (Å²) in [6, 6.07) is 1.58. The van der Waals surface area contributed by atoms with E-state index in [-0.39, 0.29) is 0 Å². The minimum Gasteiger partial charge on any atom is -0.299 e. The Morgan fingerprint density at radius 2 is 1.56 bits per heavy atom. The maximum Gasteiger partial charge on any atom is 0.0223 e. The number of likely N-dealkylation sites (tertiary alicyclic amines) is 2. The first-order chi connectivity index (χ1) is 8.66. The van der Waals surface area contributed by atoms with Crippen LogP contribution in [0, 0.1) is 5.92 Å². The van der Waals surface area contributed by atoms with E-state index in [1.54, 1.807) is 0 Å². The number of nitrogens with zero attached hydrogens (tertiary/aromatic N) is 2. The summed E-state index contributed by atoms with van der Waals surface area (Å²) in [7, 11) is 0. The number of hydrogen-bond acceptors (Lipinski definition) is 2. The van der Waals surface area contributed by atoms with E-state index in [1.165, 1.54) is 51.9 Å². The van der Waals surface area contributed by atoms with Gasteiger partial charge in [-0.15, -0.1) is 0 Å². The fraction of sp³-hybridized carbons (Fsp3) is 1.00. The van der Waals surface area contributed by atoms with Crippen LogP contribution in [0.25, 0.3) is 0 Å². The fourth-order valence-corrected chi connectivity index (χ4v) is 3.14. The first kappa shape index (κ1) is 16.0. The topological polar surface area (TPSA) is 6.48 Å². The van der Waals surface area contributed by atoms with Crippen molar-refractivity contribution < 1.29 is 0 Å². The molecular weight excluding hydrogens is 220 g/mol.